The van der Waals surface area contributed by atoms with Crippen LogP contribution in [0.4, 0.5) is 19.0 Å². The van der Waals surface area contributed by atoms with Crippen molar-refractivity contribution in [2.75, 3.05) is 24.5 Å². The van der Waals surface area contributed by atoms with Gasteiger partial charge in [0.1, 0.15) is 5.82 Å². The lowest BCUT2D eigenvalue weighted by molar-refractivity contribution is -0.137. The predicted molar refractivity (Wildman–Crippen MR) is 70.6 cm³/mol. The highest BCUT2D eigenvalue weighted by molar-refractivity contribution is 5.42. The van der Waals surface area contributed by atoms with Crippen LogP contribution in [0.25, 0.3) is 0 Å². The molecule has 0 bridgehead atoms. The molecular weight excluding hydrogens is 267 g/mol. The highest BCUT2D eigenvalue weighted by Gasteiger charge is 2.34. The number of piperidine rings is 2. The molecule has 0 spiro atoms. The molecule has 0 amide bonds. The van der Waals surface area contributed by atoms with Crippen LogP contribution in [0, 0.1) is 5.92 Å². The summed E-state index contributed by atoms with van der Waals surface area (Å²) >= 11 is 0. The summed E-state index contributed by atoms with van der Waals surface area (Å²) in [5, 5.41) is 3.50. The van der Waals surface area contributed by atoms with E-state index in [2.05, 4.69) is 10.3 Å². The van der Waals surface area contributed by atoms with Crippen LogP contribution in [-0.4, -0.2) is 30.7 Å². The van der Waals surface area contributed by atoms with Crippen molar-refractivity contribution in [2.24, 2.45) is 5.92 Å². The van der Waals surface area contributed by atoms with Crippen molar-refractivity contribution >= 4 is 5.82 Å². The van der Waals surface area contributed by atoms with E-state index < -0.39 is 11.7 Å². The standard InChI is InChI=1S/C14H18F3N3/c15-14(16,17)11-3-6-19-13(8-11)20-7-4-12-10(9-20)2-1-5-18-12/h3,6,8,10,12,18H,1-2,4-5,7,9H2. The van der Waals surface area contributed by atoms with Gasteiger partial charge in [0, 0.05) is 25.3 Å². The molecule has 1 N–H and O–H groups in total. The van der Waals surface area contributed by atoms with Crippen LogP contribution in [0.1, 0.15) is 24.8 Å². The maximum atomic E-state index is 12.7. The normalized spacial score (nSPS) is 27.2. The zero-order valence-corrected chi connectivity index (χ0v) is 11.2. The molecule has 2 unspecified atom stereocenters. The Morgan fingerprint density at radius 1 is 1.30 bits per heavy atom. The van der Waals surface area contributed by atoms with Crippen molar-refractivity contribution in [3.63, 3.8) is 0 Å². The first-order valence-corrected chi connectivity index (χ1v) is 7.05. The second kappa shape index (κ2) is 5.24. The number of alkyl halides is 3. The quantitative estimate of drug-likeness (QED) is 0.860. The molecule has 3 rings (SSSR count). The second-order valence-corrected chi connectivity index (χ2v) is 5.60. The topological polar surface area (TPSA) is 28.2 Å². The number of nitrogens with zero attached hydrogens (tertiary/aromatic N) is 2. The number of pyridine rings is 1. The summed E-state index contributed by atoms with van der Waals surface area (Å²) in [6, 6.07) is 2.71. The lowest BCUT2D eigenvalue weighted by Crippen LogP contribution is -2.52. The number of nitrogens with one attached hydrogen (secondary N) is 1. The molecule has 3 heterocycles. The highest BCUT2D eigenvalue weighted by Crippen LogP contribution is 2.32. The van der Waals surface area contributed by atoms with Crippen molar-refractivity contribution in [1.82, 2.24) is 10.3 Å². The Morgan fingerprint density at radius 3 is 2.95 bits per heavy atom. The summed E-state index contributed by atoms with van der Waals surface area (Å²) in [5.41, 5.74) is -0.619. The minimum atomic E-state index is -4.30. The van der Waals surface area contributed by atoms with Crippen LogP contribution >= 0.6 is 0 Å². The van der Waals surface area contributed by atoms with Crippen LogP contribution in [0.15, 0.2) is 18.3 Å². The number of hydrogen-bond acceptors (Lipinski definition) is 3. The van der Waals surface area contributed by atoms with E-state index in [1.54, 1.807) is 0 Å². The molecule has 6 heteroatoms. The number of anilines is 1. The monoisotopic (exact) mass is 285 g/mol. The van der Waals surface area contributed by atoms with Gasteiger partial charge in [0.25, 0.3) is 0 Å². The second-order valence-electron chi connectivity index (χ2n) is 5.60. The third kappa shape index (κ3) is 2.75. The molecule has 20 heavy (non-hydrogen) atoms. The maximum Gasteiger partial charge on any atom is 0.416 e. The highest BCUT2D eigenvalue weighted by atomic mass is 19.4. The summed E-state index contributed by atoms with van der Waals surface area (Å²) in [7, 11) is 0. The van der Waals surface area contributed by atoms with E-state index in [1.165, 1.54) is 6.20 Å². The lowest BCUT2D eigenvalue weighted by atomic mass is 9.85. The van der Waals surface area contributed by atoms with E-state index in [-0.39, 0.29) is 0 Å². The smallest absolute Gasteiger partial charge is 0.356 e. The molecule has 1 aromatic rings. The number of rotatable bonds is 1. The van der Waals surface area contributed by atoms with E-state index in [0.29, 0.717) is 17.8 Å². The Balaban J connectivity index is 1.76. The van der Waals surface area contributed by atoms with Gasteiger partial charge in [-0.25, -0.2) is 4.98 Å². The Labute approximate surface area is 116 Å². The van der Waals surface area contributed by atoms with Crippen molar-refractivity contribution in [1.29, 1.82) is 0 Å². The van der Waals surface area contributed by atoms with Gasteiger partial charge in [-0.15, -0.1) is 0 Å². The van der Waals surface area contributed by atoms with Gasteiger partial charge in [-0.3, -0.25) is 0 Å². The van der Waals surface area contributed by atoms with Crippen LogP contribution in [0.3, 0.4) is 0 Å². The fourth-order valence-corrected chi connectivity index (χ4v) is 3.22. The fraction of sp³-hybridized carbons (Fsp3) is 0.643. The minimum Gasteiger partial charge on any atom is -0.356 e. The van der Waals surface area contributed by atoms with Gasteiger partial charge in [-0.1, -0.05) is 0 Å². The zero-order chi connectivity index (χ0) is 14.2. The van der Waals surface area contributed by atoms with Crippen LogP contribution in [-0.2, 0) is 6.18 Å². The van der Waals surface area contributed by atoms with Crippen molar-refractivity contribution in [3.05, 3.63) is 23.9 Å². The average molecular weight is 285 g/mol. The number of aromatic nitrogens is 1. The number of fused-ring (bicyclic) bond motifs is 1. The first kappa shape index (κ1) is 13.7. The number of hydrogen-bond donors (Lipinski definition) is 1. The van der Waals surface area contributed by atoms with Gasteiger partial charge in [0.15, 0.2) is 0 Å². The molecule has 0 aromatic carbocycles. The van der Waals surface area contributed by atoms with Gasteiger partial charge in [-0.05, 0) is 43.9 Å². The Kier molecular flexibility index (Phi) is 3.58. The molecule has 2 fully saturated rings. The van der Waals surface area contributed by atoms with E-state index >= 15 is 0 Å². The molecule has 2 atom stereocenters. The summed E-state index contributed by atoms with van der Waals surface area (Å²) in [5.74, 6) is 0.970. The molecule has 0 radical (unpaired) electrons. The Bertz CT molecular complexity index is 475. The minimum absolute atomic E-state index is 0.448. The van der Waals surface area contributed by atoms with Crippen molar-refractivity contribution < 1.29 is 13.2 Å². The third-order valence-electron chi connectivity index (χ3n) is 4.29. The first-order chi connectivity index (χ1) is 9.54. The Morgan fingerprint density at radius 2 is 2.15 bits per heavy atom. The Hall–Kier alpha value is -1.30. The SMILES string of the molecule is FC(F)(F)c1ccnc(N2CCC3NCCCC3C2)c1. The zero-order valence-electron chi connectivity index (χ0n) is 11.2. The van der Waals surface area contributed by atoms with Crippen LogP contribution in [0.2, 0.25) is 0 Å². The van der Waals surface area contributed by atoms with Crippen LogP contribution in [0.5, 0.6) is 0 Å². The van der Waals surface area contributed by atoms with E-state index in [4.69, 9.17) is 0 Å². The predicted octanol–water partition coefficient (Wildman–Crippen LogP) is 2.68. The molecule has 110 valence electrons. The molecule has 2 saturated heterocycles. The summed E-state index contributed by atoms with van der Waals surface area (Å²) < 4.78 is 38.2. The van der Waals surface area contributed by atoms with Gasteiger partial charge in [-0.2, -0.15) is 13.2 Å². The van der Waals surface area contributed by atoms with Gasteiger partial charge < -0.3 is 10.2 Å². The summed E-state index contributed by atoms with van der Waals surface area (Å²) in [6.45, 7) is 2.62. The van der Waals surface area contributed by atoms with Crippen LogP contribution < -0.4 is 10.2 Å². The lowest BCUT2D eigenvalue weighted by Gasteiger charge is -2.42. The van der Waals surface area contributed by atoms with E-state index in [1.807, 2.05) is 4.90 Å². The summed E-state index contributed by atoms with van der Waals surface area (Å²) in [6.07, 6.45) is 0.215. The number of halogens is 3. The molecular formula is C14H18F3N3. The van der Waals surface area contributed by atoms with Crippen molar-refractivity contribution in [3.8, 4) is 0 Å². The average Bonchev–Trinajstić information content (AvgIpc) is 2.46. The molecule has 2 aliphatic heterocycles. The molecule has 0 saturated carbocycles. The molecule has 3 nitrogen and oxygen atoms in total. The van der Waals surface area contributed by atoms with Gasteiger partial charge in [0.05, 0.1) is 5.56 Å². The molecule has 0 aliphatic carbocycles. The summed E-state index contributed by atoms with van der Waals surface area (Å²) in [4.78, 5) is 6.11. The largest absolute Gasteiger partial charge is 0.416 e. The van der Waals surface area contributed by atoms with Gasteiger partial charge >= 0.3 is 6.18 Å². The van der Waals surface area contributed by atoms with Gasteiger partial charge in [0.2, 0.25) is 0 Å². The van der Waals surface area contributed by atoms with E-state index in [9.17, 15) is 13.2 Å². The van der Waals surface area contributed by atoms with Crippen molar-refractivity contribution in [2.45, 2.75) is 31.5 Å². The fourth-order valence-electron chi connectivity index (χ4n) is 3.22. The molecule has 1 aromatic heterocycles. The maximum absolute atomic E-state index is 12.7. The first-order valence-electron chi connectivity index (χ1n) is 7.05. The third-order valence-corrected chi connectivity index (χ3v) is 4.29. The van der Waals surface area contributed by atoms with E-state index in [0.717, 1.165) is 51.0 Å². The molecule has 2 aliphatic rings.